The summed E-state index contributed by atoms with van der Waals surface area (Å²) < 4.78 is 8.65. The molecule has 0 aliphatic carbocycles. The molecule has 8 aromatic carbocycles. The second-order valence-electron chi connectivity index (χ2n) is 13.5. The summed E-state index contributed by atoms with van der Waals surface area (Å²) in [6.45, 7) is 0. The zero-order valence-corrected chi connectivity index (χ0v) is 30.2. The van der Waals surface area contributed by atoms with Gasteiger partial charge in [0.2, 0.25) is 0 Å². The highest BCUT2D eigenvalue weighted by atomic mass is 127. The third-order valence-electron chi connectivity index (χ3n) is 10.7. The summed E-state index contributed by atoms with van der Waals surface area (Å²) in [6, 6.07) is 66.8. The molecule has 3 aromatic heterocycles. The van der Waals surface area contributed by atoms with Crippen LogP contribution in [-0.4, -0.2) is 13.7 Å². The lowest BCUT2D eigenvalue weighted by molar-refractivity contribution is 1.10. The Bertz CT molecular complexity index is 2900. The number of nitrogens with zero attached hydrogens (tertiary/aromatic N) is 3. The van der Waals surface area contributed by atoms with E-state index < -0.39 is 0 Å². The quantitative estimate of drug-likeness (QED) is 0.158. The lowest BCUT2D eigenvalue weighted by Crippen LogP contribution is -2.07. The number of para-hydroxylation sites is 6. The van der Waals surface area contributed by atoms with E-state index in [1.54, 1.807) is 0 Å². The topological polar surface area (TPSA) is 14.8 Å². The van der Waals surface area contributed by atoms with Crippen molar-refractivity contribution in [1.29, 1.82) is 0 Å². The average Bonchev–Trinajstić information content (AvgIpc) is 3.84. The SMILES string of the molecule is Ic1ccc(-c2c(-n3c4ccccc4c4ccccc43)cc(-n3c4ccccc4c4ccccc43)cc2-n2c3ccccc3c3ccccc32)cc1. The maximum Gasteiger partial charge on any atom is 0.0582 e. The first-order chi connectivity index (χ1) is 25.7. The second kappa shape index (κ2) is 11.5. The summed E-state index contributed by atoms with van der Waals surface area (Å²) in [5.41, 5.74) is 12.8. The Morgan fingerprint density at radius 3 is 0.923 bits per heavy atom. The molecule has 0 N–H and O–H groups in total. The van der Waals surface area contributed by atoms with E-state index in [0.717, 1.165) is 17.1 Å². The summed E-state index contributed by atoms with van der Waals surface area (Å²) in [7, 11) is 0. The van der Waals surface area contributed by atoms with Crippen molar-refractivity contribution in [3.05, 3.63) is 186 Å². The van der Waals surface area contributed by atoms with Crippen molar-refractivity contribution in [3.63, 3.8) is 0 Å². The fraction of sp³-hybridized carbons (Fsp3) is 0. The molecule has 0 fully saturated rings. The van der Waals surface area contributed by atoms with Crippen LogP contribution < -0.4 is 0 Å². The number of halogens is 1. The van der Waals surface area contributed by atoms with Crippen LogP contribution in [0.15, 0.2) is 182 Å². The van der Waals surface area contributed by atoms with Crippen LogP contribution in [0.25, 0.3) is 93.6 Å². The lowest BCUT2D eigenvalue weighted by Gasteiger charge is -2.23. The molecule has 0 saturated heterocycles. The van der Waals surface area contributed by atoms with E-state index in [9.17, 15) is 0 Å². The van der Waals surface area contributed by atoms with Crippen LogP contribution in [0.1, 0.15) is 0 Å². The third-order valence-corrected chi connectivity index (χ3v) is 11.4. The van der Waals surface area contributed by atoms with Gasteiger partial charge in [-0.15, -0.1) is 0 Å². The van der Waals surface area contributed by atoms with Gasteiger partial charge in [0.25, 0.3) is 0 Å². The number of benzene rings is 8. The molecule has 0 atom stereocenters. The molecule has 0 unspecified atom stereocenters. The number of aromatic nitrogens is 3. The van der Waals surface area contributed by atoms with E-state index >= 15 is 0 Å². The predicted molar refractivity (Wildman–Crippen MR) is 228 cm³/mol. The zero-order chi connectivity index (χ0) is 34.3. The van der Waals surface area contributed by atoms with Crippen LogP contribution in [0.2, 0.25) is 0 Å². The summed E-state index contributed by atoms with van der Waals surface area (Å²) in [5, 5.41) is 7.47. The Kier molecular flexibility index (Phi) is 6.52. The van der Waals surface area contributed by atoms with Crippen molar-refractivity contribution in [2.45, 2.75) is 0 Å². The Labute approximate surface area is 313 Å². The van der Waals surface area contributed by atoms with Gasteiger partial charge in [-0.05, 0) is 88.8 Å². The molecule has 0 aliphatic heterocycles. The van der Waals surface area contributed by atoms with Gasteiger partial charge in [-0.25, -0.2) is 0 Å². The number of hydrogen-bond donors (Lipinski definition) is 0. The highest BCUT2D eigenvalue weighted by molar-refractivity contribution is 14.1. The minimum absolute atomic E-state index is 1.11. The summed E-state index contributed by atoms with van der Waals surface area (Å²) in [5.74, 6) is 0. The molecule has 0 bridgehead atoms. The highest BCUT2D eigenvalue weighted by Gasteiger charge is 2.24. The van der Waals surface area contributed by atoms with Gasteiger partial charge in [0.1, 0.15) is 0 Å². The van der Waals surface area contributed by atoms with Gasteiger partial charge in [-0.1, -0.05) is 121 Å². The smallest absolute Gasteiger partial charge is 0.0582 e. The van der Waals surface area contributed by atoms with Crippen molar-refractivity contribution >= 4 is 88.0 Å². The number of fused-ring (bicyclic) bond motifs is 9. The van der Waals surface area contributed by atoms with Crippen LogP contribution in [0.5, 0.6) is 0 Å². The van der Waals surface area contributed by atoms with Gasteiger partial charge < -0.3 is 13.7 Å². The van der Waals surface area contributed by atoms with Crippen molar-refractivity contribution < 1.29 is 0 Å². The summed E-state index contributed by atoms with van der Waals surface area (Å²) in [4.78, 5) is 0. The molecule has 0 amide bonds. The van der Waals surface area contributed by atoms with Gasteiger partial charge >= 0.3 is 0 Å². The van der Waals surface area contributed by atoms with Crippen LogP contribution in [-0.2, 0) is 0 Å². The van der Waals surface area contributed by atoms with E-state index in [2.05, 4.69) is 218 Å². The van der Waals surface area contributed by atoms with Crippen molar-refractivity contribution in [3.8, 4) is 28.2 Å². The average molecular weight is 776 g/mol. The minimum Gasteiger partial charge on any atom is -0.309 e. The maximum absolute atomic E-state index is 2.49. The standard InChI is InChI=1S/C48H30IN3/c49-32-27-25-31(26-28-32)48-46(51-42-21-9-3-15-36(42)37-16-4-10-22-43(37)51)29-33(50-40-19-7-1-13-34(40)35-14-2-8-20-41(35)50)30-47(48)52-44-23-11-5-17-38(44)39-18-6-12-24-45(39)52/h1-30H. The van der Waals surface area contributed by atoms with Gasteiger partial charge in [-0.3, -0.25) is 0 Å². The van der Waals surface area contributed by atoms with Gasteiger partial charge in [-0.2, -0.15) is 0 Å². The Morgan fingerprint density at radius 1 is 0.308 bits per heavy atom. The molecule has 244 valence electrons. The molecular weight excluding hydrogens is 745 g/mol. The van der Waals surface area contributed by atoms with E-state index in [1.807, 2.05) is 0 Å². The van der Waals surface area contributed by atoms with Crippen molar-refractivity contribution in [1.82, 2.24) is 13.7 Å². The van der Waals surface area contributed by atoms with E-state index in [4.69, 9.17) is 0 Å². The molecule has 3 nitrogen and oxygen atoms in total. The van der Waals surface area contributed by atoms with Crippen LogP contribution in [0, 0.1) is 3.57 Å². The molecule has 4 heteroatoms. The molecule has 3 heterocycles. The van der Waals surface area contributed by atoms with E-state index in [-0.39, 0.29) is 0 Å². The maximum atomic E-state index is 2.49. The first-order valence-electron chi connectivity index (χ1n) is 17.6. The predicted octanol–water partition coefficient (Wildman–Crippen LogP) is 13.2. The molecule has 0 aliphatic rings. The second-order valence-corrected chi connectivity index (χ2v) is 14.7. The van der Waals surface area contributed by atoms with Gasteiger partial charge in [0, 0.05) is 41.5 Å². The first kappa shape index (κ1) is 29.6. The van der Waals surface area contributed by atoms with Crippen LogP contribution >= 0.6 is 22.6 Å². The third kappa shape index (κ3) is 4.25. The number of hydrogen-bond acceptors (Lipinski definition) is 0. The minimum atomic E-state index is 1.11. The van der Waals surface area contributed by atoms with Crippen molar-refractivity contribution in [2.75, 3.05) is 0 Å². The summed E-state index contributed by atoms with van der Waals surface area (Å²) >= 11 is 2.41. The Morgan fingerprint density at radius 2 is 0.596 bits per heavy atom. The molecule has 0 radical (unpaired) electrons. The van der Waals surface area contributed by atoms with E-state index in [0.29, 0.717) is 0 Å². The highest BCUT2D eigenvalue weighted by Crippen LogP contribution is 2.44. The molecule has 52 heavy (non-hydrogen) atoms. The first-order valence-corrected chi connectivity index (χ1v) is 18.7. The Hall–Kier alpha value is -6.11. The van der Waals surface area contributed by atoms with Crippen molar-refractivity contribution in [2.24, 2.45) is 0 Å². The van der Waals surface area contributed by atoms with Crippen LogP contribution in [0.4, 0.5) is 0 Å². The summed E-state index contributed by atoms with van der Waals surface area (Å²) in [6.07, 6.45) is 0. The fourth-order valence-corrected chi connectivity index (χ4v) is 8.92. The lowest BCUT2D eigenvalue weighted by atomic mass is 9.99. The van der Waals surface area contributed by atoms with E-state index in [1.165, 1.54) is 80.1 Å². The molecular formula is C48H30IN3. The van der Waals surface area contributed by atoms with Crippen LogP contribution in [0.3, 0.4) is 0 Å². The normalized spacial score (nSPS) is 11.9. The fourth-order valence-electron chi connectivity index (χ4n) is 8.56. The Balaban J connectivity index is 1.40. The zero-order valence-electron chi connectivity index (χ0n) is 28.0. The monoisotopic (exact) mass is 775 g/mol. The molecule has 11 aromatic rings. The molecule has 0 saturated carbocycles. The number of rotatable bonds is 4. The van der Waals surface area contributed by atoms with Gasteiger partial charge in [0.05, 0.1) is 50.2 Å². The van der Waals surface area contributed by atoms with Gasteiger partial charge in [0.15, 0.2) is 0 Å². The molecule has 11 rings (SSSR count). The molecule has 0 spiro atoms. The largest absolute Gasteiger partial charge is 0.309 e.